The fourth-order valence-electron chi connectivity index (χ4n) is 2.98. The maximum atomic E-state index is 5.34. The molecule has 0 aromatic carbocycles. The van der Waals surface area contributed by atoms with Gasteiger partial charge in [-0.3, -0.25) is 4.90 Å². The minimum atomic E-state index is 0.926. The van der Waals surface area contributed by atoms with E-state index < -0.39 is 0 Å². The van der Waals surface area contributed by atoms with Crippen LogP contribution in [0.25, 0.3) is 0 Å². The first-order valence-corrected chi connectivity index (χ1v) is 7.46. The molecule has 1 aliphatic carbocycles. The Balaban J connectivity index is 1.38. The van der Waals surface area contributed by atoms with Crippen LogP contribution in [0.5, 0.6) is 0 Å². The van der Waals surface area contributed by atoms with E-state index in [0.717, 1.165) is 32.2 Å². The van der Waals surface area contributed by atoms with Gasteiger partial charge in [0.2, 0.25) is 0 Å². The normalized spacial score (nSPS) is 23.3. The van der Waals surface area contributed by atoms with Crippen LogP contribution in [0.1, 0.15) is 38.5 Å². The van der Waals surface area contributed by atoms with Crippen LogP contribution in [0.4, 0.5) is 0 Å². The van der Waals surface area contributed by atoms with Gasteiger partial charge in [0.1, 0.15) is 0 Å². The van der Waals surface area contributed by atoms with Crippen LogP contribution in [0.15, 0.2) is 0 Å². The van der Waals surface area contributed by atoms with Gasteiger partial charge in [-0.15, -0.1) is 0 Å². The molecule has 0 bridgehead atoms. The summed E-state index contributed by atoms with van der Waals surface area (Å²) in [4.78, 5) is 2.52. The SMILES string of the molecule is C1CCC(CCNCCCN2CCOCC2)C1. The van der Waals surface area contributed by atoms with Crippen molar-refractivity contribution in [2.45, 2.75) is 38.5 Å². The van der Waals surface area contributed by atoms with Crippen LogP contribution in [0.2, 0.25) is 0 Å². The Morgan fingerprint density at radius 1 is 1.06 bits per heavy atom. The molecule has 0 spiro atoms. The third-order valence-electron chi connectivity index (χ3n) is 4.14. The monoisotopic (exact) mass is 240 g/mol. The van der Waals surface area contributed by atoms with Gasteiger partial charge in [-0.05, 0) is 38.4 Å². The molecule has 1 saturated heterocycles. The Hall–Kier alpha value is -0.120. The molecule has 1 N–H and O–H groups in total. The minimum absolute atomic E-state index is 0.926. The lowest BCUT2D eigenvalue weighted by Gasteiger charge is -2.26. The summed E-state index contributed by atoms with van der Waals surface area (Å²) in [6, 6.07) is 0. The van der Waals surface area contributed by atoms with E-state index in [1.54, 1.807) is 0 Å². The van der Waals surface area contributed by atoms with Crippen molar-refractivity contribution in [1.29, 1.82) is 0 Å². The number of rotatable bonds is 7. The Morgan fingerprint density at radius 2 is 1.82 bits per heavy atom. The zero-order valence-corrected chi connectivity index (χ0v) is 11.1. The number of nitrogens with zero attached hydrogens (tertiary/aromatic N) is 1. The zero-order valence-electron chi connectivity index (χ0n) is 11.1. The predicted molar refractivity (Wildman–Crippen MR) is 71.3 cm³/mol. The minimum Gasteiger partial charge on any atom is -0.379 e. The van der Waals surface area contributed by atoms with Crippen molar-refractivity contribution >= 4 is 0 Å². The molecule has 100 valence electrons. The van der Waals surface area contributed by atoms with Crippen molar-refractivity contribution in [2.24, 2.45) is 5.92 Å². The maximum absolute atomic E-state index is 5.34. The van der Waals surface area contributed by atoms with Crippen LogP contribution in [-0.4, -0.2) is 50.8 Å². The molecule has 2 rings (SSSR count). The van der Waals surface area contributed by atoms with Gasteiger partial charge in [-0.2, -0.15) is 0 Å². The highest BCUT2D eigenvalue weighted by Gasteiger charge is 2.14. The van der Waals surface area contributed by atoms with Gasteiger partial charge in [-0.1, -0.05) is 25.7 Å². The van der Waals surface area contributed by atoms with Crippen molar-refractivity contribution in [3.63, 3.8) is 0 Å². The van der Waals surface area contributed by atoms with E-state index in [0.29, 0.717) is 0 Å². The summed E-state index contributed by atoms with van der Waals surface area (Å²) in [5.41, 5.74) is 0. The van der Waals surface area contributed by atoms with Crippen molar-refractivity contribution in [1.82, 2.24) is 10.2 Å². The Kier molecular flexibility index (Phi) is 6.32. The third kappa shape index (κ3) is 5.36. The van der Waals surface area contributed by atoms with Crippen LogP contribution >= 0.6 is 0 Å². The van der Waals surface area contributed by atoms with Crippen LogP contribution in [-0.2, 0) is 4.74 Å². The van der Waals surface area contributed by atoms with Gasteiger partial charge in [0.15, 0.2) is 0 Å². The van der Waals surface area contributed by atoms with E-state index >= 15 is 0 Å². The highest BCUT2D eigenvalue weighted by Crippen LogP contribution is 2.26. The highest BCUT2D eigenvalue weighted by atomic mass is 16.5. The molecular formula is C14H28N2O. The summed E-state index contributed by atoms with van der Waals surface area (Å²) >= 11 is 0. The smallest absolute Gasteiger partial charge is 0.0594 e. The molecule has 0 unspecified atom stereocenters. The summed E-state index contributed by atoms with van der Waals surface area (Å²) in [6.07, 6.45) is 8.59. The highest BCUT2D eigenvalue weighted by molar-refractivity contribution is 4.68. The predicted octanol–water partition coefficient (Wildman–Crippen LogP) is 1.88. The second-order valence-corrected chi connectivity index (χ2v) is 5.50. The number of morpholine rings is 1. The topological polar surface area (TPSA) is 24.5 Å². The lowest BCUT2D eigenvalue weighted by molar-refractivity contribution is 0.0374. The molecule has 17 heavy (non-hydrogen) atoms. The zero-order chi connectivity index (χ0) is 11.8. The van der Waals surface area contributed by atoms with Crippen molar-refractivity contribution in [3.05, 3.63) is 0 Å². The summed E-state index contributed by atoms with van der Waals surface area (Å²) in [5, 5.41) is 3.59. The van der Waals surface area contributed by atoms with Gasteiger partial charge in [0.05, 0.1) is 13.2 Å². The molecule has 2 aliphatic rings. The van der Waals surface area contributed by atoms with Crippen LogP contribution in [0.3, 0.4) is 0 Å². The lowest BCUT2D eigenvalue weighted by atomic mass is 10.0. The molecule has 2 fully saturated rings. The van der Waals surface area contributed by atoms with E-state index in [1.807, 2.05) is 0 Å². The molecule has 1 heterocycles. The lowest BCUT2D eigenvalue weighted by Crippen LogP contribution is -2.37. The molecule has 1 aliphatic heterocycles. The van der Waals surface area contributed by atoms with Gasteiger partial charge >= 0.3 is 0 Å². The second-order valence-electron chi connectivity index (χ2n) is 5.50. The summed E-state index contributed by atoms with van der Waals surface area (Å²) < 4.78 is 5.34. The Labute approximate surface area is 106 Å². The van der Waals surface area contributed by atoms with Gasteiger partial charge in [-0.25, -0.2) is 0 Å². The van der Waals surface area contributed by atoms with E-state index in [2.05, 4.69) is 10.2 Å². The average molecular weight is 240 g/mol. The maximum Gasteiger partial charge on any atom is 0.0594 e. The van der Waals surface area contributed by atoms with E-state index in [-0.39, 0.29) is 0 Å². The molecule has 0 amide bonds. The third-order valence-corrected chi connectivity index (χ3v) is 4.14. The summed E-state index contributed by atoms with van der Waals surface area (Å²) in [6.45, 7) is 7.76. The van der Waals surface area contributed by atoms with Crippen molar-refractivity contribution < 1.29 is 4.74 Å². The van der Waals surface area contributed by atoms with Crippen molar-refractivity contribution in [3.8, 4) is 0 Å². The molecule has 0 aromatic heterocycles. The van der Waals surface area contributed by atoms with Crippen molar-refractivity contribution in [2.75, 3.05) is 45.9 Å². The molecule has 0 radical (unpaired) electrons. The van der Waals surface area contributed by atoms with Gasteiger partial charge < -0.3 is 10.1 Å². The van der Waals surface area contributed by atoms with Crippen LogP contribution in [0, 0.1) is 5.92 Å². The number of ether oxygens (including phenoxy) is 1. The van der Waals surface area contributed by atoms with E-state index in [1.165, 1.54) is 58.2 Å². The molecule has 3 heteroatoms. The first-order chi connectivity index (χ1) is 8.45. The Morgan fingerprint density at radius 3 is 2.59 bits per heavy atom. The standard InChI is InChI=1S/C14H28N2O/c1-2-5-14(4-1)6-8-15-7-3-9-16-10-12-17-13-11-16/h14-15H,1-13H2. The molecule has 0 atom stereocenters. The molecule has 1 saturated carbocycles. The van der Waals surface area contributed by atoms with Gasteiger partial charge in [0, 0.05) is 13.1 Å². The fourth-order valence-corrected chi connectivity index (χ4v) is 2.98. The number of hydrogen-bond donors (Lipinski definition) is 1. The summed E-state index contributed by atoms with van der Waals surface area (Å²) in [5.74, 6) is 1.03. The summed E-state index contributed by atoms with van der Waals surface area (Å²) in [7, 11) is 0. The van der Waals surface area contributed by atoms with Crippen LogP contribution < -0.4 is 5.32 Å². The first-order valence-electron chi connectivity index (χ1n) is 7.46. The fraction of sp³-hybridized carbons (Fsp3) is 1.00. The average Bonchev–Trinajstić information content (AvgIpc) is 2.88. The molecular weight excluding hydrogens is 212 g/mol. The molecule has 0 aromatic rings. The number of nitrogens with one attached hydrogen (secondary N) is 1. The van der Waals surface area contributed by atoms with E-state index in [4.69, 9.17) is 4.74 Å². The molecule has 3 nitrogen and oxygen atoms in total. The Bertz CT molecular complexity index is 187. The second kappa shape index (κ2) is 8.06. The first kappa shape index (κ1) is 13.3. The largest absolute Gasteiger partial charge is 0.379 e. The number of hydrogen-bond acceptors (Lipinski definition) is 3. The van der Waals surface area contributed by atoms with Gasteiger partial charge in [0.25, 0.3) is 0 Å². The quantitative estimate of drug-likeness (QED) is 0.688. The van der Waals surface area contributed by atoms with E-state index in [9.17, 15) is 0 Å².